The molecule has 0 bridgehead atoms. The van der Waals surface area contributed by atoms with E-state index in [1.807, 2.05) is 0 Å². The minimum atomic E-state index is -0.801. The number of carbonyl (C=O) groups is 1. The van der Waals surface area contributed by atoms with Gasteiger partial charge in [-0.15, -0.1) is 0 Å². The Labute approximate surface area is 92.9 Å². The van der Waals surface area contributed by atoms with Gasteiger partial charge in [0.15, 0.2) is 0 Å². The second-order valence-electron chi connectivity index (χ2n) is 4.17. The monoisotopic (exact) mass is 222 g/mol. The average molecular weight is 222 g/mol. The van der Waals surface area contributed by atoms with Gasteiger partial charge in [-0.25, -0.2) is 4.79 Å². The van der Waals surface area contributed by atoms with Crippen LogP contribution in [0.5, 0.6) is 0 Å². The highest BCUT2D eigenvalue weighted by Gasteiger charge is 2.23. The van der Waals surface area contributed by atoms with Gasteiger partial charge >= 0.3 is 11.6 Å². The third-order valence-corrected chi connectivity index (χ3v) is 3.02. The van der Waals surface area contributed by atoms with Crippen LogP contribution in [0.3, 0.4) is 0 Å². The number of hydrogen-bond donors (Lipinski definition) is 1. The Kier molecular flexibility index (Phi) is 3.08. The summed E-state index contributed by atoms with van der Waals surface area (Å²) in [6, 6.07) is 3.23. The highest BCUT2D eigenvalue weighted by atomic mass is 16.4. The van der Waals surface area contributed by atoms with E-state index in [2.05, 4.69) is 0 Å². The van der Waals surface area contributed by atoms with Gasteiger partial charge in [0.1, 0.15) is 5.76 Å². The first kappa shape index (κ1) is 10.9. The molecule has 0 fully saturated rings. The quantitative estimate of drug-likeness (QED) is 0.848. The summed E-state index contributed by atoms with van der Waals surface area (Å²) in [5, 5.41) is 8.65. The van der Waals surface area contributed by atoms with Crippen molar-refractivity contribution in [3.05, 3.63) is 33.9 Å². The van der Waals surface area contributed by atoms with Crippen molar-refractivity contribution < 1.29 is 14.3 Å². The maximum Gasteiger partial charge on any atom is 0.335 e. The molecule has 0 aromatic carbocycles. The fraction of sp³-hybridized carbons (Fsp3) is 0.500. The Hall–Kier alpha value is -1.58. The maximum atomic E-state index is 11.1. The SMILES string of the molecule is O=C(O)CCC1CCCc2ccc(=O)oc21. The molecule has 16 heavy (non-hydrogen) atoms. The Morgan fingerprint density at radius 1 is 1.50 bits per heavy atom. The molecule has 0 saturated carbocycles. The van der Waals surface area contributed by atoms with Gasteiger partial charge < -0.3 is 9.52 Å². The molecule has 1 atom stereocenters. The number of hydrogen-bond acceptors (Lipinski definition) is 3. The van der Waals surface area contributed by atoms with Gasteiger partial charge in [-0.3, -0.25) is 4.79 Å². The fourth-order valence-corrected chi connectivity index (χ4v) is 2.25. The zero-order valence-electron chi connectivity index (χ0n) is 8.94. The second-order valence-corrected chi connectivity index (χ2v) is 4.17. The van der Waals surface area contributed by atoms with Crippen LogP contribution >= 0.6 is 0 Å². The summed E-state index contributed by atoms with van der Waals surface area (Å²) in [7, 11) is 0. The van der Waals surface area contributed by atoms with Gasteiger partial charge in [-0.2, -0.15) is 0 Å². The Balaban J connectivity index is 2.21. The van der Waals surface area contributed by atoms with Crippen LogP contribution < -0.4 is 5.63 Å². The molecule has 0 saturated heterocycles. The molecule has 1 aromatic heterocycles. The van der Waals surface area contributed by atoms with Crippen LogP contribution in [0, 0.1) is 0 Å². The van der Waals surface area contributed by atoms with Crippen LogP contribution in [0.25, 0.3) is 0 Å². The number of fused-ring (bicyclic) bond motifs is 1. The fourth-order valence-electron chi connectivity index (χ4n) is 2.25. The van der Waals surface area contributed by atoms with Crippen LogP contribution in [-0.4, -0.2) is 11.1 Å². The molecular formula is C12H14O4. The zero-order chi connectivity index (χ0) is 11.5. The van der Waals surface area contributed by atoms with E-state index in [0.29, 0.717) is 12.2 Å². The van der Waals surface area contributed by atoms with E-state index >= 15 is 0 Å². The molecule has 1 heterocycles. The van der Waals surface area contributed by atoms with Crippen molar-refractivity contribution >= 4 is 5.97 Å². The standard InChI is InChI=1S/C12H14O4/c13-10(14)6-4-8-2-1-3-9-5-7-11(15)16-12(8)9/h5,7-8H,1-4,6H2,(H,13,14). The van der Waals surface area contributed by atoms with Gasteiger partial charge in [0.05, 0.1) is 0 Å². The number of carboxylic acid groups (broad SMARTS) is 1. The lowest BCUT2D eigenvalue weighted by Crippen LogP contribution is -2.14. The average Bonchev–Trinajstić information content (AvgIpc) is 2.26. The van der Waals surface area contributed by atoms with E-state index < -0.39 is 5.97 Å². The molecule has 1 aliphatic rings. The topological polar surface area (TPSA) is 67.5 Å². The summed E-state index contributed by atoms with van der Waals surface area (Å²) in [6.45, 7) is 0. The predicted molar refractivity (Wildman–Crippen MR) is 57.5 cm³/mol. The van der Waals surface area contributed by atoms with Gasteiger partial charge in [0, 0.05) is 18.4 Å². The van der Waals surface area contributed by atoms with Crippen molar-refractivity contribution in [2.24, 2.45) is 0 Å². The zero-order valence-corrected chi connectivity index (χ0v) is 8.94. The summed E-state index contributed by atoms with van der Waals surface area (Å²) in [5.74, 6) is -0.000786. The Bertz CT molecular complexity index is 447. The molecule has 0 radical (unpaired) electrons. The van der Waals surface area contributed by atoms with Crippen LogP contribution in [-0.2, 0) is 11.2 Å². The molecule has 1 aromatic rings. The highest BCUT2D eigenvalue weighted by Crippen LogP contribution is 2.33. The summed E-state index contributed by atoms with van der Waals surface area (Å²) in [6.07, 6.45) is 3.54. The van der Waals surface area contributed by atoms with Gasteiger partial charge in [0.2, 0.25) is 0 Å². The molecule has 1 aliphatic carbocycles. The van der Waals surface area contributed by atoms with E-state index in [-0.39, 0.29) is 18.0 Å². The molecular weight excluding hydrogens is 208 g/mol. The maximum absolute atomic E-state index is 11.1. The molecule has 0 aliphatic heterocycles. The van der Waals surface area contributed by atoms with Gasteiger partial charge in [0.25, 0.3) is 0 Å². The number of aryl methyl sites for hydroxylation is 1. The van der Waals surface area contributed by atoms with Crippen molar-refractivity contribution in [3.8, 4) is 0 Å². The van der Waals surface area contributed by atoms with Crippen molar-refractivity contribution in [1.29, 1.82) is 0 Å². The summed E-state index contributed by atoms with van der Waals surface area (Å²) < 4.78 is 5.20. The van der Waals surface area contributed by atoms with Crippen molar-refractivity contribution in [1.82, 2.24) is 0 Å². The smallest absolute Gasteiger partial charge is 0.335 e. The number of aliphatic carboxylic acids is 1. The lowest BCUT2D eigenvalue weighted by molar-refractivity contribution is -0.137. The number of rotatable bonds is 3. The van der Waals surface area contributed by atoms with Crippen molar-refractivity contribution in [3.63, 3.8) is 0 Å². The summed E-state index contributed by atoms with van der Waals surface area (Å²) in [4.78, 5) is 21.7. The van der Waals surface area contributed by atoms with E-state index in [9.17, 15) is 9.59 Å². The van der Waals surface area contributed by atoms with Crippen molar-refractivity contribution in [2.75, 3.05) is 0 Å². The predicted octanol–water partition coefficient (Wildman–Crippen LogP) is 1.92. The molecule has 86 valence electrons. The summed E-state index contributed by atoms with van der Waals surface area (Å²) >= 11 is 0. The van der Waals surface area contributed by atoms with Crippen molar-refractivity contribution in [2.45, 2.75) is 38.0 Å². The van der Waals surface area contributed by atoms with E-state index in [1.165, 1.54) is 6.07 Å². The first-order chi connectivity index (χ1) is 7.66. The minimum Gasteiger partial charge on any atom is -0.481 e. The van der Waals surface area contributed by atoms with Crippen LogP contribution in [0.15, 0.2) is 21.3 Å². The first-order valence-electron chi connectivity index (χ1n) is 5.51. The molecule has 0 amide bonds. The van der Waals surface area contributed by atoms with Gasteiger partial charge in [-0.05, 0) is 37.3 Å². The second kappa shape index (κ2) is 4.51. The summed E-state index contributed by atoms with van der Waals surface area (Å²) in [5.41, 5.74) is 0.710. The third-order valence-electron chi connectivity index (χ3n) is 3.02. The molecule has 4 nitrogen and oxygen atoms in total. The van der Waals surface area contributed by atoms with Crippen LogP contribution in [0.1, 0.15) is 42.9 Å². The molecule has 4 heteroatoms. The lowest BCUT2D eigenvalue weighted by Gasteiger charge is -2.22. The molecule has 0 spiro atoms. The Morgan fingerprint density at radius 3 is 3.06 bits per heavy atom. The van der Waals surface area contributed by atoms with Crippen LogP contribution in [0.4, 0.5) is 0 Å². The van der Waals surface area contributed by atoms with E-state index in [1.54, 1.807) is 6.07 Å². The van der Waals surface area contributed by atoms with Crippen LogP contribution in [0.2, 0.25) is 0 Å². The Morgan fingerprint density at radius 2 is 2.31 bits per heavy atom. The van der Waals surface area contributed by atoms with E-state index in [0.717, 1.165) is 24.8 Å². The first-order valence-corrected chi connectivity index (χ1v) is 5.51. The van der Waals surface area contributed by atoms with Gasteiger partial charge in [-0.1, -0.05) is 0 Å². The lowest BCUT2D eigenvalue weighted by atomic mass is 9.85. The number of carboxylic acids is 1. The van der Waals surface area contributed by atoms with E-state index in [4.69, 9.17) is 9.52 Å². The molecule has 1 unspecified atom stereocenters. The largest absolute Gasteiger partial charge is 0.481 e. The third kappa shape index (κ3) is 2.32. The minimum absolute atomic E-state index is 0.0914. The molecule has 1 N–H and O–H groups in total. The highest BCUT2D eigenvalue weighted by molar-refractivity contribution is 5.66. The molecule has 2 rings (SSSR count). The normalized spacial score (nSPS) is 19.1.